The fourth-order valence-corrected chi connectivity index (χ4v) is 6.15. The lowest BCUT2D eigenvalue weighted by molar-refractivity contribution is -0.178. The number of aromatic nitrogens is 1. The fraction of sp³-hybridized carbons (Fsp3) is 0.469. The molecule has 218 valence electrons. The molecule has 2 aliphatic rings. The molecule has 0 bridgehead atoms. The summed E-state index contributed by atoms with van der Waals surface area (Å²) in [5, 5.41) is 3.04. The van der Waals surface area contributed by atoms with Gasteiger partial charge in [-0.2, -0.15) is 0 Å². The topological polar surface area (TPSA) is 81.2 Å². The maximum Gasteiger partial charge on any atom is 0.260 e. The van der Waals surface area contributed by atoms with Gasteiger partial charge in [-0.05, 0) is 82.3 Å². The van der Waals surface area contributed by atoms with Gasteiger partial charge in [-0.25, -0.2) is 4.98 Å². The third kappa shape index (κ3) is 6.90. The Morgan fingerprint density at radius 1 is 1.10 bits per heavy atom. The Morgan fingerprint density at radius 3 is 2.66 bits per heavy atom. The summed E-state index contributed by atoms with van der Waals surface area (Å²) in [4.78, 5) is 35.5. The first kappa shape index (κ1) is 29.1. The smallest absolute Gasteiger partial charge is 0.260 e. The molecule has 1 spiro atoms. The lowest BCUT2D eigenvalue weighted by Gasteiger charge is -2.45. The molecule has 3 aromatic rings. The third-order valence-electron chi connectivity index (χ3n) is 7.78. The summed E-state index contributed by atoms with van der Waals surface area (Å²) in [6, 6.07) is 15.7. The van der Waals surface area contributed by atoms with Gasteiger partial charge in [0.15, 0.2) is 12.2 Å². The van der Waals surface area contributed by atoms with Crippen molar-refractivity contribution in [3.63, 3.8) is 0 Å². The molecule has 5 rings (SSSR count). The number of carbonyl (C=O) groups excluding carboxylic acids is 2. The predicted molar refractivity (Wildman–Crippen MR) is 159 cm³/mol. The van der Waals surface area contributed by atoms with Crippen LogP contribution in [0.3, 0.4) is 0 Å². The number of fused-ring (bicyclic) bond motifs is 1. The standard InChI is InChI=1S/C32H39N3O5S/c1-23(2)35-17-18-38-29-10-5-4-8-26(29)9-6-7-15-32(31(35)37)22-34(16-19-40-32)30(36)20-39-27-13-11-25(12-14-27)28-21-41-24(3)33-28/h4-5,8,10-14,21,23H,6-7,9,15-20,22H2,1-3H3. The second kappa shape index (κ2) is 13.0. The molecule has 41 heavy (non-hydrogen) atoms. The van der Waals surface area contributed by atoms with Crippen molar-refractivity contribution in [2.45, 2.75) is 58.1 Å². The first-order chi connectivity index (χ1) is 19.8. The average Bonchev–Trinajstić information content (AvgIpc) is 3.42. The molecule has 1 saturated heterocycles. The summed E-state index contributed by atoms with van der Waals surface area (Å²) >= 11 is 1.61. The number of carbonyl (C=O) groups is 2. The van der Waals surface area contributed by atoms with Crippen molar-refractivity contribution in [3.8, 4) is 22.8 Å². The van der Waals surface area contributed by atoms with Crippen LogP contribution in [0.25, 0.3) is 11.3 Å². The molecule has 0 N–H and O–H groups in total. The molecular formula is C32H39N3O5S. The van der Waals surface area contributed by atoms with Crippen molar-refractivity contribution in [1.82, 2.24) is 14.8 Å². The van der Waals surface area contributed by atoms with E-state index in [0.717, 1.165) is 41.3 Å². The minimum atomic E-state index is -1.08. The average molecular weight is 578 g/mol. The monoisotopic (exact) mass is 577 g/mol. The quantitative estimate of drug-likeness (QED) is 0.418. The number of para-hydroxylation sites is 1. The Kier molecular flexibility index (Phi) is 9.25. The molecule has 1 unspecified atom stereocenters. The van der Waals surface area contributed by atoms with Gasteiger partial charge in [0.2, 0.25) is 0 Å². The number of aryl methyl sites for hydroxylation is 2. The molecule has 0 saturated carbocycles. The van der Waals surface area contributed by atoms with E-state index < -0.39 is 5.60 Å². The Balaban J connectivity index is 1.26. The van der Waals surface area contributed by atoms with Crippen molar-refractivity contribution in [2.24, 2.45) is 0 Å². The molecule has 0 radical (unpaired) electrons. The number of nitrogens with zero attached hydrogens (tertiary/aromatic N) is 3. The van der Waals surface area contributed by atoms with Crippen molar-refractivity contribution in [1.29, 1.82) is 0 Å². The number of hydrogen-bond donors (Lipinski definition) is 0. The molecule has 2 aliphatic heterocycles. The Hall–Kier alpha value is -3.43. The maximum absolute atomic E-state index is 14.1. The molecule has 2 aromatic carbocycles. The van der Waals surface area contributed by atoms with E-state index in [0.29, 0.717) is 38.5 Å². The van der Waals surface area contributed by atoms with Gasteiger partial charge in [0, 0.05) is 23.5 Å². The van der Waals surface area contributed by atoms with Crippen molar-refractivity contribution in [2.75, 3.05) is 39.5 Å². The Bertz CT molecular complexity index is 1340. The lowest BCUT2D eigenvalue weighted by Crippen LogP contribution is -2.63. The van der Waals surface area contributed by atoms with Crippen LogP contribution in [0.15, 0.2) is 53.9 Å². The molecular weight excluding hydrogens is 538 g/mol. The summed E-state index contributed by atoms with van der Waals surface area (Å²) in [6.45, 7) is 7.70. The van der Waals surface area contributed by atoms with Gasteiger partial charge in [0.05, 0.1) is 30.4 Å². The molecule has 9 heteroatoms. The first-order valence-corrected chi connectivity index (χ1v) is 15.3. The predicted octanol–water partition coefficient (Wildman–Crippen LogP) is 5.14. The van der Waals surface area contributed by atoms with Gasteiger partial charge in [-0.1, -0.05) is 18.2 Å². The van der Waals surface area contributed by atoms with Crippen LogP contribution in [-0.2, 0) is 20.7 Å². The molecule has 1 fully saturated rings. The fourth-order valence-electron chi connectivity index (χ4n) is 5.53. The highest BCUT2D eigenvalue weighted by molar-refractivity contribution is 7.09. The normalized spacial score (nSPS) is 20.2. The minimum absolute atomic E-state index is 0.0321. The van der Waals surface area contributed by atoms with Gasteiger partial charge in [0.25, 0.3) is 11.8 Å². The SMILES string of the molecule is Cc1nc(-c2ccc(OCC(=O)N3CCOC4(CCCCc5ccccc5OCCN(C(C)C)C4=O)C3)cc2)cs1. The highest BCUT2D eigenvalue weighted by Gasteiger charge is 2.47. The first-order valence-electron chi connectivity index (χ1n) is 14.4. The highest BCUT2D eigenvalue weighted by atomic mass is 32.1. The summed E-state index contributed by atoms with van der Waals surface area (Å²) in [5.74, 6) is 1.28. The molecule has 2 amide bonds. The van der Waals surface area contributed by atoms with Crippen molar-refractivity contribution in [3.05, 3.63) is 64.5 Å². The lowest BCUT2D eigenvalue weighted by atomic mass is 9.90. The Labute approximate surface area is 246 Å². The Morgan fingerprint density at radius 2 is 1.90 bits per heavy atom. The van der Waals surface area contributed by atoms with Crippen molar-refractivity contribution < 1.29 is 23.8 Å². The zero-order valence-electron chi connectivity index (χ0n) is 24.1. The second-order valence-corrected chi connectivity index (χ2v) is 12.0. The van der Waals surface area contributed by atoms with Gasteiger partial charge < -0.3 is 24.0 Å². The van der Waals surface area contributed by atoms with E-state index in [2.05, 4.69) is 11.1 Å². The zero-order chi connectivity index (χ0) is 28.8. The van der Waals surface area contributed by atoms with E-state index in [1.54, 1.807) is 16.2 Å². The number of rotatable bonds is 5. The molecule has 1 atom stereocenters. The minimum Gasteiger partial charge on any atom is -0.491 e. The van der Waals surface area contributed by atoms with E-state index in [9.17, 15) is 9.59 Å². The molecule has 3 heterocycles. The number of morpholine rings is 1. The van der Waals surface area contributed by atoms with Crippen LogP contribution in [0.1, 0.15) is 43.7 Å². The van der Waals surface area contributed by atoms with Crippen LogP contribution in [0, 0.1) is 6.92 Å². The van der Waals surface area contributed by atoms with E-state index in [-0.39, 0.29) is 31.0 Å². The van der Waals surface area contributed by atoms with Crippen LogP contribution >= 0.6 is 11.3 Å². The van der Waals surface area contributed by atoms with Gasteiger partial charge in [0.1, 0.15) is 18.1 Å². The molecule has 1 aromatic heterocycles. The highest BCUT2D eigenvalue weighted by Crippen LogP contribution is 2.30. The van der Waals surface area contributed by atoms with Crippen LogP contribution in [0.5, 0.6) is 11.5 Å². The van der Waals surface area contributed by atoms with E-state index in [1.807, 2.05) is 73.5 Å². The largest absolute Gasteiger partial charge is 0.491 e. The van der Waals surface area contributed by atoms with Crippen molar-refractivity contribution >= 4 is 23.2 Å². The van der Waals surface area contributed by atoms with Gasteiger partial charge in [-0.3, -0.25) is 9.59 Å². The summed E-state index contributed by atoms with van der Waals surface area (Å²) in [6.07, 6.45) is 3.12. The number of amides is 2. The van der Waals surface area contributed by atoms with Gasteiger partial charge >= 0.3 is 0 Å². The van der Waals surface area contributed by atoms with Crippen LogP contribution < -0.4 is 9.47 Å². The van der Waals surface area contributed by atoms with Crippen LogP contribution in [0.2, 0.25) is 0 Å². The van der Waals surface area contributed by atoms with Gasteiger partial charge in [-0.15, -0.1) is 11.3 Å². The third-order valence-corrected chi connectivity index (χ3v) is 8.56. The van der Waals surface area contributed by atoms with Crippen LogP contribution in [0.4, 0.5) is 0 Å². The number of thiazole rings is 1. The summed E-state index contributed by atoms with van der Waals surface area (Å²) < 4.78 is 18.3. The van der Waals surface area contributed by atoms with E-state index in [1.165, 1.54) is 5.56 Å². The summed E-state index contributed by atoms with van der Waals surface area (Å²) in [7, 11) is 0. The maximum atomic E-state index is 14.1. The molecule has 0 aliphatic carbocycles. The molecule has 8 nitrogen and oxygen atoms in total. The number of ether oxygens (including phenoxy) is 3. The zero-order valence-corrected chi connectivity index (χ0v) is 25.0. The summed E-state index contributed by atoms with van der Waals surface area (Å²) in [5.41, 5.74) is 2.04. The van der Waals surface area contributed by atoms with E-state index >= 15 is 0 Å². The van der Waals surface area contributed by atoms with Crippen LogP contribution in [-0.4, -0.2) is 77.7 Å². The van der Waals surface area contributed by atoms with E-state index in [4.69, 9.17) is 14.2 Å². The second-order valence-electron chi connectivity index (χ2n) is 11.0. The number of hydrogen-bond acceptors (Lipinski definition) is 7. The number of benzene rings is 2.